The highest BCUT2D eigenvalue weighted by Gasteiger charge is 2.78. The highest BCUT2D eigenvalue weighted by Crippen LogP contribution is 2.58. The molecule has 6 nitrogen and oxygen atoms in total. The van der Waals surface area contributed by atoms with Gasteiger partial charge in [0.2, 0.25) is 0 Å². The van der Waals surface area contributed by atoms with Crippen molar-refractivity contribution in [2.45, 2.75) is 48.8 Å². The van der Waals surface area contributed by atoms with E-state index >= 15 is 0 Å². The molecule has 5 aliphatic heterocycles. The summed E-state index contributed by atoms with van der Waals surface area (Å²) in [6.45, 7) is 0.579. The fourth-order valence-corrected chi connectivity index (χ4v) is 3.83. The number of rotatable bonds is 0. The van der Waals surface area contributed by atoms with Crippen LogP contribution in [0.4, 0.5) is 0 Å². The van der Waals surface area contributed by atoms with E-state index in [0.717, 1.165) is 12.8 Å². The smallest absolute Gasteiger partial charge is 0.273 e. The summed E-state index contributed by atoms with van der Waals surface area (Å²) >= 11 is 0. The van der Waals surface area contributed by atoms with Crippen LogP contribution < -0.4 is 0 Å². The Balaban J connectivity index is 1.68. The van der Waals surface area contributed by atoms with Crippen molar-refractivity contribution in [1.29, 1.82) is 0 Å². The second-order valence-electron chi connectivity index (χ2n) is 5.35. The maximum absolute atomic E-state index is 12.3. The molecule has 6 fully saturated rings. The van der Waals surface area contributed by atoms with Gasteiger partial charge in [-0.2, -0.15) is 0 Å². The maximum atomic E-state index is 12.3. The van der Waals surface area contributed by atoms with Crippen LogP contribution >= 0.6 is 0 Å². The molecule has 0 aromatic heterocycles. The first-order valence-corrected chi connectivity index (χ1v) is 6.04. The Labute approximate surface area is 97.1 Å². The predicted octanol–water partition coefficient (Wildman–Crippen LogP) is -0.646. The molecule has 4 bridgehead atoms. The SMILES string of the molecule is O=C1[C@H]2OC3OC([C@@]4(CCO4)[C@H]1O3)[C@]21CCO1. The highest BCUT2D eigenvalue weighted by molar-refractivity contribution is 5.92. The monoisotopic (exact) mass is 240 g/mol. The van der Waals surface area contributed by atoms with E-state index in [4.69, 9.17) is 23.7 Å². The third kappa shape index (κ3) is 0.794. The molecule has 1 aliphatic carbocycles. The predicted molar refractivity (Wildman–Crippen MR) is 50.0 cm³/mol. The minimum atomic E-state index is -0.725. The third-order valence-corrected chi connectivity index (χ3v) is 4.76. The van der Waals surface area contributed by atoms with E-state index in [1.165, 1.54) is 0 Å². The number of ketones is 1. The van der Waals surface area contributed by atoms with Gasteiger partial charge in [0.1, 0.15) is 17.3 Å². The molecule has 6 rings (SSSR count). The highest BCUT2D eigenvalue weighted by atomic mass is 16.9. The van der Waals surface area contributed by atoms with E-state index in [1.807, 2.05) is 0 Å². The Kier molecular flexibility index (Phi) is 1.42. The van der Waals surface area contributed by atoms with Gasteiger partial charge in [0.25, 0.3) is 6.48 Å². The molecule has 6 aliphatic rings. The zero-order valence-electron chi connectivity index (χ0n) is 9.09. The average Bonchev–Trinajstić information content (AvgIpc) is 2.20. The van der Waals surface area contributed by atoms with Crippen LogP contribution in [0.15, 0.2) is 0 Å². The number of hydrogen-bond donors (Lipinski definition) is 0. The van der Waals surface area contributed by atoms with Crippen molar-refractivity contribution in [3.63, 3.8) is 0 Å². The second-order valence-corrected chi connectivity index (χ2v) is 5.35. The van der Waals surface area contributed by atoms with Gasteiger partial charge >= 0.3 is 0 Å². The van der Waals surface area contributed by atoms with Gasteiger partial charge in [-0.05, 0) is 0 Å². The molecular weight excluding hydrogens is 228 g/mol. The first-order chi connectivity index (χ1) is 8.26. The minimum absolute atomic E-state index is 0.0415. The van der Waals surface area contributed by atoms with Gasteiger partial charge in [0.15, 0.2) is 18.0 Å². The van der Waals surface area contributed by atoms with E-state index in [0.29, 0.717) is 13.2 Å². The summed E-state index contributed by atoms with van der Waals surface area (Å²) in [4.78, 5) is 12.3. The zero-order chi connectivity index (χ0) is 11.3. The van der Waals surface area contributed by atoms with Crippen molar-refractivity contribution in [2.75, 3.05) is 13.2 Å². The van der Waals surface area contributed by atoms with Crippen LogP contribution in [0.25, 0.3) is 0 Å². The van der Waals surface area contributed by atoms with Gasteiger partial charge in [0.05, 0.1) is 13.2 Å². The fraction of sp³-hybridized carbons (Fsp3) is 0.909. The molecule has 2 spiro atoms. The molecule has 17 heavy (non-hydrogen) atoms. The topological polar surface area (TPSA) is 63.2 Å². The van der Waals surface area contributed by atoms with E-state index in [9.17, 15) is 4.79 Å². The van der Waals surface area contributed by atoms with E-state index in [-0.39, 0.29) is 11.9 Å². The largest absolute Gasteiger partial charge is 0.369 e. The summed E-state index contributed by atoms with van der Waals surface area (Å²) in [6.07, 6.45) is 0.289. The summed E-state index contributed by atoms with van der Waals surface area (Å²) in [7, 11) is 0. The van der Waals surface area contributed by atoms with Crippen molar-refractivity contribution in [3.05, 3.63) is 0 Å². The molecule has 2 unspecified atom stereocenters. The quantitative estimate of drug-likeness (QED) is 0.561. The van der Waals surface area contributed by atoms with Gasteiger partial charge in [-0.3, -0.25) is 4.79 Å². The Bertz CT molecular complexity index is 378. The molecule has 6 atom stereocenters. The van der Waals surface area contributed by atoms with Gasteiger partial charge in [-0.25, -0.2) is 0 Å². The molecule has 0 aromatic rings. The van der Waals surface area contributed by atoms with Gasteiger partial charge < -0.3 is 23.7 Å². The van der Waals surface area contributed by atoms with Gasteiger partial charge in [0, 0.05) is 12.8 Å². The molecule has 6 heteroatoms. The van der Waals surface area contributed by atoms with Crippen LogP contribution in [-0.4, -0.2) is 55.0 Å². The van der Waals surface area contributed by atoms with Gasteiger partial charge in [-0.15, -0.1) is 0 Å². The van der Waals surface area contributed by atoms with Crippen molar-refractivity contribution in [3.8, 4) is 0 Å². The Hall–Kier alpha value is -0.530. The molecule has 1 saturated carbocycles. The Morgan fingerprint density at radius 1 is 0.941 bits per heavy atom. The van der Waals surface area contributed by atoms with Crippen molar-refractivity contribution >= 4 is 5.78 Å². The summed E-state index contributed by atoms with van der Waals surface area (Å²) < 4.78 is 28.1. The fourth-order valence-electron chi connectivity index (χ4n) is 3.83. The lowest BCUT2D eigenvalue weighted by Gasteiger charge is -2.69. The standard InChI is InChI=1S/C11H12O6/c12-5-6-10(1-3-13-10)8-11(2-4-14-11)7(5)16-9(15-6)17-8/h6-9H,1-4H2/t6-,7+,8?,9?,10+,11-. The summed E-state index contributed by atoms with van der Waals surface area (Å²) in [5.41, 5.74) is -1.23. The van der Waals surface area contributed by atoms with Crippen LogP contribution in [0.1, 0.15) is 12.8 Å². The molecule has 5 saturated heterocycles. The minimum Gasteiger partial charge on any atom is -0.369 e. The molecule has 0 N–H and O–H groups in total. The number of hydrogen-bond acceptors (Lipinski definition) is 6. The lowest BCUT2D eigenvalue weighted by molar-refractivity contribution is -0.509. The van der Waals surface area contributed by atoms with Crippen LogP contribution in [0.5, 0.6) is 0 Å². The van der Waals surface area contributed by atoms with E-state index < -0.39 is 29.9 Å². The number of ether oxygens (including phenoxy) is 5. The maximum Gasteiger partial charge on any atom is 0.273 e. The average molecular weight is 240 g/mol. The molecular formula is C11H12O6. The van der Waals surface area contributed by atoms with Crippen molar-refractivity contribution in [1.82, 2.24) is 0 Å². The summed E-state index contributed by atoms with van der Waals surface area (Å²) in [5, 5.41) is 0. The molecule has 0 aromatic carbocycles. The van der Waals surface area contributed by atoms with E-state index in [1.54, 1.807) is 0 Å². The lowest BCUT2D eigenvalue weighted by atomic mass is 9.61. The number of carbonyl (C=O) groups excluding carboxylic acids is 1. The number of Topliss-reactive ketones (excluding diaryl/α,β-unsaturated/α-hetero) is 1. The Morgan fingerprint density at radius 2 is 1.47 bits per heavy atom. The molecule has 92 valence electrons. The third-order valence-electron chi connectivity index (χ3n) is 4.76. The molecule has 0 amide bonds. The zero-order valence-corrected chi connectivity index (χ0v) is 9.09. The normalized spacial score (nSPS) is 62.9. The lowest BCUT2D eigenvalue weighted by Crippen LogP contribution is -2.88. The summed E-state index contributed by atoms with van der Waals surface area (Å²) in [6, 6.07) is 0. The number of carbonyl (C=O) groups is 1. The van der Waals surface area contributed by atoms with Crippen molar-refractivity contribution in [2.24, 2.45) is 0 Å². The van der Waals surface area contributed by atoms with Crippen LogP contribution in [0.2, 0.25) is 0 Å². The van der Waals surface area contributed by atoms with Crippen LogP contribution in [-0.2, 0) is 28.5 Å². The van der Waals surface area contributed by atoms with Crippen LogP contribution in [0.3, 0.4) is 0 Å². The molecule has 5 heterocycles. The van der Waals surface area contributed by atoms with Crippen molar-refractivity contribution < 1.29 is 28.5 Å². The molecule has 0 radical (unpaired) electrons. The van der Waals surface area contributed by atoms with Crippen LogP contribution in [0, 0.1) is 0 Å². The Morgan fingerprint density at radius 3 is 1.88 bits per heavy atom. The second kappa shape index (κ2) is 2.57. The first-order valence-electron chi connectivity index (χ1n) is 6.04. The van der Waals surface area contributed by atoms with E-state index in [2.05, 4.69) is 0 Å². The first kappa shape index (κ1) is 9.41. The summed E-state index contributed by atoms with van der Waals surface area (Å²) in [5.74, 6) is -0.0415. The van der Waals surface area contributed by atoms with Gasteiger partial charge in [-0.1, -0.05) is 0 Å².